The second kappa shape index (κ2) is 3.38. The number of hydrogen-bond acceptors (Lipinski definition) is 3. The summed E-state index contributed by atoms with van der Waals surface area (Å²) in [7, 11) is 0. The van der Waals surface area contributed by atoms with Gasteiger partial charge in [-0.2, -0.15) is 0 Å². The van der Waals surface area contributed by atoms with E-state index in [9.17, 15) is 4.79 Å². The molecule has 0 unspecified atom stereocenters. The van der Waals surface area contributed by atoms with Gasteiger partial charge in [0.2, 0.25) is 0 Å². The Morgan fingerprint density at radius 3 is 2.46 bits per heavy atom. The summed E-state index contributed by atoms with van der Waals surface area (Å²) in [6.07, 6.45) is 3.28. The smallest absolute Gasteiger partial charge is 0.429 e. The zero-order chi connectivity index (χ0) is 9.26. The molecule has 0 spiro atoms. The summed E-state index contributed by atoms with van der Waals surface area (Å²) in [4.78, 5) is 11.3. The Balaban J connectivity index is 2.05. The van der Waals surface area contributed by atoms with Gasteiger partial charge in [-0.25, -0.2) is 14.8 Å². The molecule has 72 valence electrons. The fourth-order valence-corrected chi connectivity index (χ4v) is 1.79. The molecule has 0 atom stereocenters. The predicted molar refractivity (Wildman–Crippen MR) is 47.8 cm³/mol. The fourth-order valence-electron chi connectivity index (χ4n) is 1.79. The molecule has 0 bridgehead atoms. The highest BCUT2D eigenvalue weighted by molar-refractivity contribution is 5.72. The molecule has 0 saturated carbocycles. The number of carbonyl (C=O) groups is 1. The van der Waals surface area contributed by atoms with E-state index >= 15 is 0 Å². The van der Waals surface area contributed by atoms with Crippen LogP contribution in [-0.2, 0) is 4.74 Å². The Morgan fingerprint density at radius 2 is 1.92 bits per heavy atom. The average Bonchev–Trinajstić information content (AvgIpc) is 2.48. The standard InChI is InChI=1S/C9H14N2O2/c1-8-7-13-9(12)11(8)10-5-3-2-4-6-10/h1-7H2. The van der Waals surface area contributed by atoms with Crippen LogP contribution in [-0.4, -0.2) is 35.8 Å². The summed E-state index contributed by atoms with van der Waals surface area (Å²) in [5.41, 5.74) is 0.756. The van der Waals surface area contributed by atoms with Crippen molar-refractivity contribution < 1.29 is 9.53 Å². The van der Waals surface area contributed by atoms with Crippen LogP contribution in [0.4, 0.5) is 4.79 Å². The first-order valence-electron chi connectivity index (χ1n) is 4.68. The lowest BCUT2D eigenvalue weighted by molar-refractivity contribution is 0.0248. The maximum atomic E-state index is 11.3. The van der Waals surface area contributed by atoms with Crippen molar-refractivity contribution in [1.29, 1.82) is 0 Å². The third-order valence-corrected chi connectivity index (χ3v) is 2.45. The molecule has 13 heavy (non-hydrogen) atoms. The van der Waals surface area contributed by atoms with E-state index in [2.05, 4.69) is 6.58 Å². The Labute approximate surface area is 77.7 Å². The quantitative estimate of drug-likeness (QED) is 0.613. The summed E-state index contributed by atoms with van der Waals surface area (Å²) in [6.45, 7) is 6.02. The van der Waals surface area contributed by atoms with E-state index in [0.29, 0.717) is 6.61 Å². The van der Waals surface area contributed by atoms with E-state index < -0.39 is 0 Å². The van der Waals surface area contributed by atoms with E-state index in [1.165, 1.54) is 6.42 Å². The highest BCUT2D eigenvalue weighted by Crippen LogP contribution is 2.20. The lowest BCUT2D eigenvalue weighted by atomic mass is 10.2. The number of nitrogens with zero attached hydrogens (tertiary/aromatic N) is 2. The van der Waals surface area contributed by atoms with Crippen molar-refractivity contribution in [2.75, 3.05) is 19.7 Å². The number of cyclic esters (lactones) is 1. The van der Waals surface area contributed by atoms with E-state index in [4.69, 9.17) is 4.74 Å². The Bertz CT molecular complexity index is 218. The highest BCUT2D eigenvalue weighted by atomic mass is 16.6. The van der Waals surface area contributed by atoms with Crippen molar-refractivity contribution in [3.05, 3.63) is 12.3 Å². The van der Waals surface area contributed by atoms with Gasteiger partial charge in [0.15, 0.2) is 0 Å². The van der Waals surface area contributed by atoms with Crippen molar-refractivity contribution in [2.24, 2.45) is 0 Å². The summed E-state index contributed by atoms with van der Waals surface area (Å²) in [5, 5.41) is 3.61. The number of amides is 1. The zero-order valence-corrected chi connectivity index (χ0v) is 7.66. The first-order chi connectivity index (χ1) is 6.29. The molecule has 4 heteroatoms. The molecule has 0 aromatic heterocycles. The molecule has 2 rings (SSSR count). The lowest BCUT2D eigenvalue weighted by Crippen LogP contribution is -2.44. The summed E-state index contributed by atoms with van der Waals surface area (Å²) in [6, 6.07) is 0. The largest absolute Gasteiger partial charge is 0.442 e. The highest BCUT2D eigenvalue weighted by Gasteiger charge is 2.32. The number of piperidine rings is 1. The molecule has 2 aliphatic rings. The van der Waals surface area contributed by atoms with Crippen LogP contribution in [0, 0.1) is 0 Å². The van der Waals surface area contributed by atoms with Crippen molar-refractivity contribution in [3.63, 3.8) is 0 Å². The molecular formula is C9H14N2O2. The molecular weight excluding hydrogens is 168 g/mol. The van der Waals surface area contributed by atoms with Gasteiger partial charge in [0.05, 0.1) is 5.70 Å². The van der Waals surface area contributed by atoms with Crippen LogP contribution in [0.15, 0.2) is 12.3 Å². The molecule has 0 aromatic rings. The summed E-state index contributed by atoms with van der Waals surface area (Å²) in [5.74, 6) is 0. The van der Waals surface area contributed by atoms with Crippen LogP contribution in [0.3, 0.4) is 0 Å². The van der Waals surface area contributed by atoms with E-state index in [-0.39, 0.29) is 6.09 Å². The van der Waals surface area contributed by atoms with Crippen LogP contribution in [0.2, 0.25) is 0 Å². The Morgan fingerprint density at radius 1 is 1.23 bits per heavy atom. The summed E-state index contributed by atoms with van der Waals surface area (Å²) < 4.78 is 4.88. The number of ether oxygens (including phenoxy) is 1. The third kappa shape index (κ3) is 1.54. The molecule has 2 saturated heterocycles. The number of hydrazine groups is 1. The normalized spacial score (nSPS) is 25.1. The first kappa shape index (κ1) is 8.56. The molecule has 2 fully saturated rings. The maximum absolute atomic E-state index is 11.3. The minimum absolute atomic E-state index is 0.271. The van der Waals surface area contributed by atoms with E-state index in [1.54, 1.807) is 5.01 Å². The zero-order valence-electron chi connectivity index (χ0n) is 7.66. The molecule has 0 aromatic carbocycles. The molecule has 0 radical (unpaired) electrons. The van der Waals surface area contributed by atoms with Crippen molar-refractivity contribution in [1.82, 2.24) is 10.0 Å². The van der Waals surface area contributed by atoms with Gasteiger partial charge in [0.25, 0.3) is 0 Å². The monoisotopic (exact) mass is 182 g/mol. The van der Waals surface area contributed by atoms with Crippen molar-refractivity contribution in [3.8, 4) is 0 Å². The van der Waals surface area contributed by atoms with Crippen LogP contribution in [0.1, 0.15) is 19.3 Å². The van der Waals surface area contributed by atoms with Gasteiger partial charge in [-0.05, 0) is 12.8 Å². The minimum Gasteiger partial charge on any atom is -0.442 e. The SMILES string of the molecule is C=C1COC(=O)N1N1CCCCC1. The first-order valence-corrected chi connectivity index (χ1v) is 4.68. The van der Waals surface area contributed by atoms with Gasteiger partial charge in [-0.1, -0.05) is 13.0 Å². The number of hydrogen-bond donors (Lipinski definition) is 0. The predicted octanol–water partition coefficient (Wildman–Crippen LogP) is 1.35. The van der Waals surface area contributed by atoms with Crippen molar-refractivity contribution >= 4 is 6.09 Å². The van der Waals surface area contributed by atoms with Crippen LogP contribution >= 0.6 is 0 Å². The van der Waals surface area contributed by atoms with Gasteiger partial charge in [-0.3, -0.25) is 0 Å². The van der Waals surface area contributed by atoms with Gasteiger partial charge < -0.3 is 4.74 Å². The van der Waals surface area contributed by atoms with Gasteiger partial charge >= 0.3 is 6.09 Å². The van der Waals surface area contributed by atoms with Crippen LogP contribution < -0.4 is 0 Å². The van der Waals surface area contributed by atoms with Crippen molar-refractivity contribution in [2.45, 2.75) is 19.3 Å². The van der Waals surface area contributed by atoms with Crippen LogP contribution in [0.25, 0.3) is 0 Å². The maximum Gasteiger partial charge on any atom is 0.429 e. The number of rotatable bonds is 1. The Hall–Kier alpha value is -1.03. The second-order valence-electron chi connectivity index (χ2n) is 3.45. The molecule has 0 N–H and O–H groups in total. The minimum atomic E-state index is -0.271. The Kier molecular flexibility index (Phi) is 2.22. The topological polar surface area (TPSA) is 32.8 Å². The van der Waals surface area contributed by atoms with Gasteiger partial charge in [-0.15, -0.1) is 0 Å². The molecule has 0 aliphatic carbocycles. The molecule has 4 nitrogen and oxygen atoms in total. The van der Waals surface area contributed by atoms with Gasteiger partial charge in [0, 0.05) is 13.1 Å². The molecule has 2 heterocycles. The number of carbonyl (C=O) groups excluding carboxylic acids is 1. The average molecular weight is 182 g/mol. The third-order valence-electron chi connectivity index (χ3n) is 2.45. The lowest BCUT2D eigenvalue weighted by Gasteiger charge is -2.32. The van der Waals surface area contributed by atoms with Gasteiger partial charge in [0.1, 0.15) is 6.61 Å². The summed E-state index contributed by atoms with van der Waals surface area (Å²) >= 11 is 0. The van der Waals surface area contributed by atoms with E-state index in [1.807, 2.05) is 5.01 Å². The van der Waals surface area contributed by atoms with Crippen LogP contribution in [0.5, 0.6) is 0 Å². The molecule has 2 aliphatic heterocycles. The molecule has 1 amide bonds. The second-order valence-corrected chi connectivity index (χ2v) is 3.45. The van der Waals surface area contributed by atoms with E-state index in [0.717, 1.165) is 31.6 Å². The fraction of sp³-hybridized carbons (Fsp3) is 0.667.